The molecule has 1 N–H and O–H groups in total. The maximum Gasteiger partial charge on any atom is 0.108 e. The van der Waals surface area contributed by atoms with E-state index in [9.17, 15) is 5.26 Å². The molecule has 0 aromatic heterocycles. The lowest BCUT2D eigenvalue weighted by Gasteiger charge is -2.28. The van der Waals surface area contributed by atoms with Crippen LogP contribution in [-0.4, -0.2) is 37.1 Å². The third-order valence-electron chi connectivity index (χ3n) is 4.10. The first-order valence-corrected chi connectivity index (χ1v) is 6.37. The number of nitrogens with zero attached hydrogens (tertiary/aromatic N) is 2. The minimum absolute atomic E-state index is 0.269. The largest absolute Gasteiger partial charge is 0.303 e. The molecule has 0 amide bonds. The van der Waals surface area contributed by atoms with Gasteiger partial charge in [0.15, 0.2) is 0 Å². The van der Waals surface area contributed by atoms with Gasteiger partial charge in [0.25, 0.3) is 0 Å². The predicted molar refractivity (Wildman–Crippen MR) is 67.1 cm³/mol. The number of hydrogen-bond donors (Lipinski definition) is 1. The summed E-state index contributed by atoms with van der Waals surface area (Å²) in [7, 11) is 4.10. The molecule has 0 aromatic carbocycles. The van der Waals surface area contributed by atoms with Gasteiger partial charge in [0, 0.05) is 12.6 Å². The summed E-state index contributed by atoms with van der Waals surface area (Å²) in [5, 5.41) is 12.4. The molecule has 0 aromatic rings. The van der Waals surface area contributed by atoms with Gasteiger partial charge in [-0.25, -0.2) is 0 Å². The van der Waals surface area contributed by atoms with Crippen molar-refractivity contribution in [2.75, 3.05) is 20.6 Å². The van der Waals surface area contributed by atoms with Crippen LogP contribution in [0, 0.1) is 17.2 Å². The second kappa shape index (κ2) is 5.65. The molecule has 3 nitrogen and oxygen atoms in total. The van der Waals surface area contributed by atoms with E-state index in [1.165, 1.54) is 6.42 Å². The molecule has 16 heavy (non-hydrogen) atoms. The first kappa shape index (κ1) is 13.5. The molecule has 0 heterocycles. The number of nitrogens with one attached hydrogen (secondary N) is 1. The zero-order chi connectivity index (χ0) is 12.2. The van der Waals surface area contributed by atoms with Crippen molar-refractivity contribution in [3.63, 3.8) is 0 Å². The van der Waals surface area contributed by atoms with Crippen molar-refractivity contribution in [2.45, 2.75) is 51.1 Å². The Morgan fingerprint density at radius 2 is 2.31 bits per heavy atom. The van der Waals surface area contributed by atoms with Crippen LogP contribution in [0.1, 0.15) is 39.5 Å². The van der Waals surface area contributed by atoms with Gasteiger partial charge in [-0.05, 0) is 39.3 Å². The van der Waals surface area contributed by atoms with Crippen molar-refractivity contribution in [3.05, 3.63) is 0 Å². The molecule has 0 radical (unpaired) electrons. The SMILES string of the molecule is CCC(C)CN(C)C1CCC(C#N)(NC)C1. The molecule has 0 saturated heterocycles. The zero-order valence-corrected chi connectivity index (χ0v) is 11.1. The van der Waals surface area contributed by atoms with E-state index >= 15 is 0 Å². The van der Waals surface area contributed by atoms with E-state index in [-0.39, 0.29) is 5.54 Å². The summed E-state index contributed by atoms with van der Waals surface area (Å²) in [4.78, 5) is 2.44. The van der Waals surface area contributed by atoms with Crippen molar-refractivity contribution >= 4 is 0 Å². The average Bonchev–Trinajstić information content (AvgIpc) is 2.74. The lowest BCUT2D eigenvalue weighted by Crippen LogP contribution is -2.41. The van der Waals surface area contributed by atoms with Crippen LogP contribution in [-0.2, 0) is 0 Å². The molecular formula is C13H25N3. The van der Waals surface area contributed by atoms with Crippen LogP contribution >= 0.6 is 0 Å². The van der Waals surface area contributed by atoms with Crippen LogP contribution in [0.15, 0.2) is 0 Å². The van der Waals surface area contributed by atoms with Gasteiger partial charge in [0.05, 0.1) is 6.07 Å². The minimum atomic E-state index is -0.269. The van der Waals surface area contributed by atoms with Crippen molar-refractivity contribution in [1.29, 1.82) is 5.26 Å². The smallest absolute Gasteiger partial charge is 0.108 e. The Labute approximate surface area is 99.8 Å². The molecule has 92 valence electrons. The maximum atomic E-state index is 9.21. The quantitative estimate of drug-likeness (QED) is 0.775. The highest BCUT2D eigenvalue weighted by Crippen LogP contribution is 2.32. The summed E-state index contributed by atoms with van der Waals surface area (Å²) in [5.74, 6) is 0.747. The lowest BCUT2D eigenvalue weighted by molar-refractivity contribution is 0.206. The van der Waals surface area contributed by atoms with Crippen molar-refractivity contribution in [2.24, 2.45) is 5.92 Å². The first-order valence-electron chi connectivity index (χ1n) is 6.37. The lowest BCUT2D eigenvalue weighted by atomic mass is 9.99. The molecule has 0 bridgehead atoms. The monoisotopic (exact) mass is 223 g/mol. The van der Waals surface area contributed by atoms with E-state index in [2.05, 4.69) is 37.2 Å². The molecule has 0 spiro atoms. The van der Waals surface area contributed by atoms with Crippen LogP contribution < -0.4 is 5.32 Å². The van der Waals surface area contributed by atoms with Gasteiger partial charge >= 0.3 is 0 Å². The molecule has 3 unspecified atom stereocenters. The Morgan fingerprint density at radius 1 is 1.62 bits per heavy atom. The second-order valence-corrected chi connectivity index (χ2v) is 5.29. The number of rotatable bonds is 5. The first-order chi connectivity index (χ1) is 7.56. The van der Waals surface area contributed by atoms with Crippen molar-refractivity contribution in [1.82, 2.24) is 10.2 Å². The van der Waals surface area contributed by atoms with E-state index in [4.69, 9.17) is 0 Å². The van der Waals surface area contributed by atoms with Gasteiger partial charge < -0.3 is 10.2 Å². The molecule has 3 atom stereocenters. The Bertz CT molecular complexity index is 258. The topological polar surface area (TPSA) is 39.1 Å². The van der Waals surface area contributed by atoms with E-state index in [1.807, 2.05) is 7.05 Å². The molecule has 1 aliphatic rings. The summed E-state index contributed by atoms with van der Waals surface area (Å²) < 4.78 is 0. The van der Waals surface area contributed by atoms with E-state index in [1.54, 1.807) is 0 Å². The summed E-state index contributed by atoms with van der Waals surface area (Å²) in [6, 6.07) is 3.01. The van der Waals surface area contributed by atoms with Crippen LogP contribution in [0.5, 0.6) is 0 Å². The highest BCUT2D eigenvalue weighted by atomic mass is 15.1. The van der Waals surface area contributed by atoms with Gasteiger partial charge in [-0.1, -0.05) is 20.3 Å². The fourth-order valence-corrected chi connectivity index (χ4v) is 2.55. The van der Waals surface area contributed by atoms with Crippen molar-refractivity contribution in [3.8, 4) is 6.07 Å². The summed E-state index contributed by atoms with van der Waals surface area (Å²) in [5.41, 5.74) is -0.269. The van der Waals surface area contributed by atoms with Crippen LogP contribution in [0.3, 0.4) is 0 Å². The van der Waals surface area contributed by atoms with Gasteiger partial charge in [0.2, 0.25) is 0 Å². The van der Waals surface area contributed by atoms with Crippen LogP contribution in [0.25, 0.3) is 0 Å². The maximum absolute atomic E-state index is 9.21. The van der Waals surface area contributed by atoms with Gasteiger partial charge in [-0.3, -0.25) is 0 Å². The van der Waals surface area contributed by atoms with E-state index in [0.29, 0.717) is 6.04 Å². The van der Waals surface area contributed by atoms with Gasteiger partial charge in [-0.2, -0.15) is 5.26 Å². The van der Waals surface area contributed by atoms with Crippen molar-refractivity contribution < 1.29 is 0 Å². The third-order valence-corrected chi connectivity index (χ3v) is 4.10. The standard InChI is InChI=1S/C13H25N3/c1-5-11(2)9-16(4)12-6-7-13(8-12,10-14)15-3/h11-12,15H,5-9H2,1-4H3. The van der Waals surface area contributed by atoms with Crippen LogP contribution in [0.4, 0.5) is 0 Å². The van der Waals surface area contributed by atoms with Gasteiger partial charge in [-0.15, -0.1) is 0 Å². The predicted octanol–water partition coefficient (Wildman–Crippen LogP) is 2.00. The molecule has 1 fully saturated rings. The molecule has 1 aliphatic carbocycles. The highest BCUT2D eigenvalue weighted by molar-refractivity contribution is 5.12. The molecule has 0 aliphatic heterocycles. The second-order valence-electron chi connectivity index (χ2n) is 5.29. The van der Waals surface area contributed by atoms with Gasteiger partial charge in [0.1, 0.15) is 5.54 Å². The summed E-state index contributed by atoms with van der Waals surface area (Å²) in [6.45, 7) is 5.67. The van der Waals surface area contributed by atoms with E-state index in [0.717, 1.165) is 31.7 Å². The average molecular weight is 223 g/mol. The van der Waals surface area contributed by atoms with Crippen LogP contribution in [0.2, 0.25) is 0 Å². The number of nitriles is 1. The molecular weight excluding hydrogens is 198 g/mol. The molecule has 1 rings (SSSR count). The Balaban J connectivity index is 2.50. The normalized spacial score (nSPS) is 31.6. The Kier molecular flexibility index (Phi) is 4.76. The minimum Gasteiger partial charge on any atom is -0.303 e. The summed E-state index contributed by atoms with van der Waals surface area (Å²) >= 11 is 0. The fourth-order valence-electron chi connectivity index (χ4n) is 2.55. The molecule has 3 heteroatoms. The number of hydrogen-bond acceptors (Lipinski definition) is 3. The zero-order valence-electron chi connectivity index (χ0n) is 11.1. The molecule has 1 saturated carbocycles. The third kappa shape index (κ3) is 2.96. The fraction of sp³-hybridized carbons (Fsp3) is 0.923. The Morgan fingerprint density at radius 3 is 2.75 bits per heavy atom. The Hall–Kier alpha value is -0.590. The summed E-state index contributed by atoms with van der Waals surface area (Å²) in [6.07, 6.45) is 4.32. The highest BCUT2D eigenvalue weighted by Gasteiger charge is 2.39. The van der Waals surface area contributed by atoms with E-state index < -0.39 is 0 Å².